The van der Waals surface area contributed by atoms with E-state index >= 15 is 0 Å². The van der Waals surface area contributed by atoms with Crippen molar-refractivity contribution in [3.63, 3.8) is 0 Å². The highest BCUT2D eigenvalue weighted by Gasteiger charge is 2.21. The second-order valence-corrected chi connectivity index (χ2v) is 6.53. The molecule has 0 atom stereocenters. The van der Waals surface area contributed by atoms with Crippen LogP contribution in [0.5, 0.6) is 0 Å². The lowest BCUT2D eigenvalue weighted by Crippen LogP contribution is -2.21. The van der Waals surface area contributed by atoms with Crippen LogP contribution in [0.3, 0.4) is 0 Å². The number of fused-ring (bicyclic) bond motifs is 1. The van der Waals surface area contributed by atoms with Gasteiger partial charge in [0.1, 0.15) is 5.70 Å². The number of nitrogens with zero attached hydrogens (tertiary/aromatic N) is 1. The molecule has 4 nitrogen and oxygen atoms in total. The van der Waals surface area contributed by atoms with Crippen molar-refractivity contribution in [2.24, 2.45) is 0 Å². The van der Waals surface area contributed by atoms with Crippen molar-refractivity contribution >= 4 is 40.1 Å². The number of hydrogen-bond donors (Lipinski definition) is 2. The maximum absolute atomic E-state index is 11.9. The first-order chi connectivity index (χ1) is 12.0. The number of carbonyl (C=O) groups is 1. The third kappa shape index (κ3) is 2.62. The van der Waals surface area contributed by atoms with E-state index in [2.05, 4.69) is 71.5 Å². The molecule has 1 aromatic heterocycles. The molecule has 2 N–H and O–H groups in total. The van der Waals surface area contributed by atoms with Crippen molar-refractivity contribution in [3.05, 3.63) is 71.2 Å². The van der Waals surface area contributed by atoms with Gasteiger partial charge in [0.15, 0.2) is 5.11 Å². The number of amides is 1. The van der Waals surface area contributed by atoms with Crippen LogP contribution in [0.2, 0.25) is 0 Å². The number of aryl methyl sites for hydroxylation is 1. The molecule has 1 aliphatic heterocycles. The first-order valence-electron chi connectivity index (χ1n) is 8.06. The standard InChI is InChI=1S/C20H17N3OS/c1-12-10-15(11-17-19(24)22-20(25)21-17)13(2)23(12)18-9-5-7-14-6-3-4-8-16(14)18/h3-11H,1-2H3,(H2,21,22,24,25)/b17-11-. The Hall–Kier alpha value is -2.92. The highest BCUT2D eigenvalue weighted by molar-refractivity contribution is 7.80. The second kappa shape index (κ2) is 5.86. The van der Waals surface area contributed by atoms with Gasteiger partial charge in [-0.2, -0.15) is 0 Å². The molecule has 4 rings (SSSR count). The zero-order valence-electron chi connectivity index (χ0n) is 14.0. The van der Waals surface area contributed by atoms with E-state index in [0.29, 0.717) is 10.8 Å². The van der Waals surface area contributed by atoms with Crippen LogP contribution in [0, 0.1) is 13.8 Å². The van der Waals surface area contributed by atoms with Crippen molar-refractivity contribution in [3.8, 4) is 5.69 Å². The fourth-order valence-corrected chi connectivity index (χ4v) is 3.55. The van der Waals surface area contributed by atoms with E-state index in [-0.39, 0.29) is 5.91 Å². The molecule has 0 radical (unpaired) electrons. The summed E-state index contributed by atoms with van der Waals surface area (Å²) in [7, 11) is 0. The van der Waals surface area contributed by atoms with Crippen LogP contribution in [-0.2, 0) is 4.79 Å². The zero-order chi connectivity index (χ0) is 17.6. The molecule has 0 aliphatic carbocycles. The Kier molecular flexibility index (Phi) is 3.66. The largest absolute Gasteiger partial charge is 0.328 e. The van der Waals surface area contributed by atoms with Crippen LogP contribution in [0.25, 0.3) is 22.5 Å². The first-order valence-corrected chi connectivity index (χ1v) is 8.46. The maximum Gasteiger partial charge on any atom is 0.273 e. The molecule has 2 aromatic carbocycles. The molecule has 1 aliphatic rings. The minimum absolute atomic E-state index is 0.194. The molecular formula is C20H17N3OS. The Morgan fingerprint density at radius 2 is 1.80 bits per heavy atom. The van der Waals surface area contributed by atoms with Gasteiger partial charge in [-0.05, 0) is 55.2 Å². The van der Waals surface area contributed by atoms with Gasteiger partial charge in [0.2, 0.25) is 0 Å². The van der Waals surface area contributed by atoms with Gasteiger partial charge in [-0.15, -0.1) is 0 Å². The lowest BCUT2D eigenvalue weighted by Gasteiger charge is -2.13. The summed E-state index contributed by atoms with van der Waals surface area (Å²) < 4.78 is 2.22. The van der Waals surface area contributed by atoms with Gasteiger partial charge in [-0.1, -0.05) is 36.4 Å². The Bertz CT molecular complexity index is 1060. The molecule has 1 fully saturated rings. The predicted molar refractivity (Wildman–Crippen MR) is 105 cm³/mol. The van der Waals surface area contributed by atoms with E-state index in [1.54, 1.807) is 0 Å². The van der Waals surface area contributed by atoms with E-state index in [9.17, 15) is 4.79 Å². The monoisotopic (exact) mass is 347 g/mol. The highest BCUT2D eigenvalue weighted by atomic mass is 32.1. The van der Waals surface area contributed by atoms with Crippen molar-refractivity contribution in [2.45, 2.75) is 13.8 Å². The molecular weight excluding hydrogens is 330 g/mol. The summed E-state index contributed by atoms with van der Waals surface area (Å²) in [6.07, 6.45) is 1.85. The molecule has 124 valence electrons. The Morgan fingerprint density at radius 3 is 2.56 bits per heavy atom. The minimum atomic E-state index is -0.194. The Morgan fingerprint density at radius 1 is 1.04 bits per heavy atom. The Balaban J connectivity index is 1.87. The van der Waals surface area contributed by atoms with Crippen molar-refractivity contribution < 1.29 is 4.79 Å². The molecule has 0 bridgehead atoms. The summed E-state index contributed by atoms with van der Waals surface area (Å²) in [5.74, 6) is -0.194. The minimum Gasteiger partial charge on any atom is -0.328 e. The quantitative estimate of drug-likeness (QED) is 0.550. The van der Waals surface area contributed by atoms with E-state index in [1.165, 1.54) is 10.8 Å². The summed E-state index contributed by atoms with van der Waals surface area (Å²) in [6, 6.07) is 16.7. The van der Waals surface area contributed by atoms with Gasteiger partial charge in [-0.3, -0.25) is 10.1 Å². The molecule has 3 aromatic rings. The van der Waals surface area contributed by atoms with Crippen LogP contribution in [-0.4, -0.2) is 15.6 Å². The van der Waals surface area contributed by atoms with Gasteiger partial charge >= 0.3 is 0 Å². The van der Waals surface area contributed by atoms with Crippen LogP contribution < -0.4 is 10.6 Å². The van der Waals surface area contributed by atoms with Gasteiger partial charge in [0, 0.05) is 16.8 Å². The van der Waals surface area contributed by atoms with E-state index < -0.39 is 0 Å². The molecule has 1 saturated heterocycles. The summed E-state index contributed by atoms with van der Waals surface area (Å²) in [4.78, 5) is 11.9. The van der Waals surface area contributed by atoms with Gasteiger partial charge in [0.25, 0.3) is 5.91 Å². The zero-order valence-corrected chi connectivity index (χ0v) is 14.8. The SMILES string of the molecule is Cc1cc(/C=C2\NC(=S)NC2=O)c(C)n1-c1cccc2ccccc12. The average molecular weight is 347 g/mol. The third-order valence-corrected chi connectivity index (χ3v) is 4.70. The molecule has 2 heterocycles. The number of rotatable bonds is 2. The first kappa shape index (κ1) is 15.6. The maximum atomic E-state index is 11.9. The van der Waals surface area contributed by atoms with Gasteiger partial charge < -0.3 is 9.88 Å². The smallest absolute Gasteiger partial charge is 0.273 e. The number of benzene rings is 2. The predicted octanol–water partition coefficient (Wildman–Crippen LogP) is 3.59. The van der Waals surface area contributed by atoms with E-state index in [1.807, 2.05) is 12.1 Å². The topological polar surface area (TPSA) is 46.1 Å². The summed E-state index contributed by atoms with van der Waals surface area (Å²) in [5, 5.41) is 8.24. The number of hydrogen-bond acceptors (Lipinski definition) is 2. The molecule has 1 amide bonds. The van der Waals surface area contributed by atoms with Crippen LogP contribution >= 0.6 is 12.2 Å². The highest BCUT2D eigenvalue weighted by Crippen LogP contribution is 2.28. The molecule has 25 heavy (non-hydrogen) atoms. The van der Waals surface area contributed by atoms with Crippen LogP contribution in [0.15, 0.2) is 54.2 Å². The molecule has 5 heteroatoms. The fourth-order valence-electron chi connectivity index (χ4n) is 3.35. The van der Waals surface area contributed by atoms with Crippen molar-refractivity contribution in [2.75, 3.05) is 0 Å². The summed E-state index contributed by atoms with van der Waals surface area (Å²) in [6.45, 7) is 4.13. The van der Waals surface area contributed by atoms with Crippen molar-refractivity contribution in [1.29, 1.82) is 0 Å². The van der Waals surface area contributed by atoms with E-state index in [4.69, 9.17) is 12.2 Å². The molecule has 0 unspecified atom stereocenters. The summed E-state index contributed by atoms with van der Waals surface area (Å²) >= 11 is 4.99. The number of carbonyl (C=O) groups excluding carboxylic acids is 1. The van der Waals surface area contributed by atoms with Crippen molar-refractivity contribution in [1.82, 2.24) is 15.2 Å². The number of thiocarbonyl (C=S) groups is 1. The normalized spacial score (nSPS) is 15.7. The third-order valence-electron chi connectivity index (χ3n) is 4.50. The van der Waals surface area contributed by atoms with Gasteiger partial charge in [0.05, 0.1) is 5.69 Å². The molecule has 0 spiro atoms. The Labute approximate surface area is 151 Å². The van der Waals surface area contributed by atoms with Crippen LogP contribution in [0.4, 0.5) is 0 Å². The number of aromatic nitrogens is 1. The average Bonchev–Trinajstić information content (AvgIpc) is 3.05. The summed E-state index contributed by atoms with van der Waals surface area (Å²) in [5.41, 5.74) is 4.79. The fraction of sp³-hybridized carbons (Fsp3) is 0.100. The lowest BCUT2D eigenvalue weighted by atomic mass is 10.1. The second-order valence-electron chi connectivity index (χ2n) is 6.13. The number of nitrogens with one attached hydrogen (secondary N) is 2. The van der Waals surface area contributed by atoms with E-state index in [0.717, 1.165) is 22.6 Å². The van der Waals surface area contributed by atoms with Gasteiger partial charge in [-0.25, -0.2) is 0 Å². The molecule has 0 saturated carbocycles. The lowest BCUT2D eigenvalue weighted by molar-refractivity contribution is -0.115. The van der Waals surface area contributed by atoms with Crippen LogP contribution in [0.1, 0.15) is 17.0 Å².